The Kier molecular flexibility index (Phi) is 5.76. The molecular weight excluding hydrogens is 285 g/mol. The number of nitrogens with zero attached hydrogens (tertiary/aromatic N) is 3. The van der Waals surface area contributed by atoms with Crippen molar-refractivity contribution in [2.75, 3.05) is 32.8 Å². The first-order chi connectivity index (χ1) is 8.45. The zero-order chi connectivity index (χ0) is 13.3. The van der Waals surface area contributed by atoms with Crippen LogP contribution in [-0.4, -0.2) is 61.9 Å². The zero-order valence-corrected chi connectivity index (χ0v) is 13.3. The molecule has 0 aliphatic carbocycles. The average Bonchev–Trinajstić information content (AvgIpc) is 2.27. The number of aliphatic carboxylic acids is 1. The molecule has 0 amide bonds. The van der Waals surface area contributed by atoms with Gasteiger partial charge in [0.2, 0.25) is 0 Å². The monoisotopic (exact) mass is 297 g/mol. The molecule has 8 nitrogen and oxygen atoms in total. The van der Waals surface area contributed by atoms with Gasteiger partial charge in [-0.25, -0.2) is 0 Å². The normalized spacial score (nSPS) is 25.9. The topological polar surface area (TPSA) is 114 Å². The van der Waals surface area contributed by atoms with E-state index in [9.17, 15) is 18.3 Å². The van der Waals surface area contributed by atoms with Crippen LogP contribution in [-0.2, 0) is 19.7 Å². The van der Waals surface area contributed by atoms with Crippen LogP contribution in [0.25, 0.3) is 0 Å². The summed E-state index contributed by atoms with van der Waals surface area (Å²) in [5.74, 6) is -1.70. The SMILES string of the molecule is N#CC1CN(S(=O)(=O)N2CCO[C@H](C(=O)[O-])C2)C1.[Na+]. The predicted molar refractivity (Wildman–Crippen MR) is 55.9 cm³/mol. The molecule has 1 atom stereocenters. The molecule has 2 heterocycles. The Balaban J connectivity index is 0.00000180. The van der Waals surface area contributed by atoms with Crippen LogP contribution in [0.3, 0.4) is 0 Å². The predicted octanol–water partition coefficient (Wildman–Crippen LogP) is -5.86. The average molecular weight is 297 g/mol. The number of hydrogen-bond acceptors (Lipinski definition) is 6. The van der Waals surface area contributed by atoms with E-state index in [2.05, 4.69) is 0 Å². The van der Waals surface area contributed by atoms with Gasteiger partial charge in [-0.1, -0.05) is 0 Å². The van der Waals surface area contributed by atoms with Crippen LogP contribution in [0.15, 0.2) is 0 Å². The van der Waals surface area contributed by atoms with Crippen molar-refractivity contribution in [1.82, 2.24) is 8.61 Å². The minimum atomic E-state index is -3.69. The Labute approximate surface area is 133 Å². The van der Waals surface area contributed by atoms with Gasteiger partial charge in [0.15, 0.2) is 0 Å². The summed E-state index contributed by atoms with van der Waals surface area (Å²) in [6.45, 7) is 0.198. The van der Waals surface area contributed by atoms with Gasteiger partial charge in [0.25, 0.3) is 10.2 Å². The van der Waals surface area contributed by atoms with E-state index in [-0.39, 0.29) is 68.3 Å². The van der Waals surface area contributed by atoms with Gasteiger partial charge in [-0.2, -0.15) is 22.3 Å². The second-order valence-corrected chi connectivity index (χ2v) is 6.12. The molecule has 0 N–H and O–H groups in total. The zero-order valence-electron chi connectivity index (χ0n) is 10.5. The van der Waals surface area contributed by atoms with Crippen molar-refractivity contribution in [1.29, 1.82) is 5.26 Å². The van der Waals surface area contributed by atoms with E-state index in [1.807, 2.05) is 6.07 Å². The second-order valence-electron chi connectivity index (χ2n) is 4.19. The van der Waals surface area contributed by atoms with Crippen molar-refractivity contribution in [2.45, 2.75) is 6.10 Å². The molecule has 2 fully saturated rings. The first-order valence-corrected chi connectivity index (χ1v) is 6.82. The Morgan fingerprint density at radius 3 is 2.47 bits per heavy atom. The molecule has 0 aromatic rings. The Morgan fingerprint density at radius 2 is 1.95 bits per heavy atom. The number of morpholine rings is 1. The first-order valence-electron chi connectivity index (χ1n) is 5.42. The molecule has 10 heteroatoms. The maximum atomic E-state index is 12.1. The van der Waals surface area contributed by atoms with Crippen LogP contribution in [0.5, 0.6) is 0 Å². The van der Waals surface area contributed by atoms with Crippen molar-refractivity contribution in [3.05, 3.63) is 0 Å². The van der Waals surface area contributed by atoms with E-state index < -0.39 is 22.3 Å². The number of carbonyl (C=O) groups excluding carboxylic acids is 1. The van der Waals surface area contributed by atoms with Crippen molar-refractivity contribution >= 4 is 16.2 Å². The van der Waals surface area contributed by atoms with Gasteiger partial charge in [0.05, 0.1) is 24.6 Å². The minimum Gasteiger partial charge on any atom is -0.547 e. The fraction of sp³-hybridized carbons (Fsp3) is 0.778. The maximum absolute atomic E-state index is 12.1. The summed E-state index contributed by atoms with van der Waals surface area (Å²) in [7, 11) is -3.69. The largest absolute Gasteiger partial charge is 1.00 e. The van der Waals surface area contributed by atoms with E-state index in [1.165, 1.54) is 4.31 Å². The van der Waals surface area contributed by atoms with Crippen LogP contribution in [0.1, 0.15) is 0 Å². The Hall–Kier alpha value is -0.210. The smallest absolute Gasteiger partial charge is 0.547 e. The molecule has 19 heavy (non-hydrogen) atoms. The van der Waals surface area contributed by atoms with Crippen molar-refractivity contribution < 1.29 is 52.6 Å². The molecule has 0 aromatic carbocycles. The van der Waals surface area contributed by atoms with E-state index >= 15 is 0 Å². The van der Waals surface area contributed by atoms with Gasteiger partial charge in [0, 0.05) is 26.2 Å². The first kappa shape index (κ1) is 16.8. The van der Waals surface area contributed by atoms with Crippen LogP contribution >= 0.6 is 0 Å². The summed E-state index contributed by atoms with van der Waals surface area (Å²) >= 11 is 0. The molecule has 0 unspecified atom stereocenters. The van der Waals surface area contributed by atoms with Crippen molar-refractivity contribution in [3.8, 4) is 6.07 Å². The third kappa shape index (κ3) is 3.46. The maximum Gasteiger partial charge on any atom is 1.00 e. The fourth-order valence-corrected chi connectivity index (χ4v) is 3.54. The molecule has 0 spiro atoms. The number of carbonyl (C=O) groups is 1. The number of carboxylic acids is 1. The molecule has 2 aliphatic rings. The Bertz CT molecular complexity index is 485. The molecule has 0 saturated carbocycles. The quantitative estimate of drug-likeness (QED) is 0.479. The summed E-state index contributed by atoms with van der Waals surface area (Å²) in [6.07, 6.45) is -1.23. The van der Waals surface area contributed by atoms with Crippen LogP contribution < -0.4 is 34.7 Å². The van der Waals surface area contributed by atoms with E-state index in [0.717, 1.165) is 4.31 Å². The van der Waals surface area contributed by atoms with Crippen LogP contribution in [0, 0.1) is 17.2 Å². The Morgan fingerprint density at radius 1 is 1.32 bits per heavy atom. The van der Waals surface area contributed by atoms with Gasteiger partial charge < -0.3 is 14.6 Å². The van der Waals surface area contributed by atoms with Crippen molar-refractivity contribution in [3.63, 3.8) is 0 Å². The van der Waals surface area contributed by atoms with Gasteiger partial charge in [0.1, 0.15) is 6.10 Å². The standard InChI is InChI=1S/C9H13N3O5S.Na/c10-3-7-4-12(5-7)18(15,16)11-1-2-17-8(6-11)9(13)14;/h7-8H,1-2,4-6H2,(H,13,14);/q;+1/p-1/t8-;/m0./s1. The minimum absolute atomic E-state index is 0. The molecule has 2 saturated heterocycles. The summed E-state index contributed by atoms with van der Waals surface area (Å²) < 4.78 is 31.3. The molecule has 2 aliphatic heterocycles. The number of carboxylic acid groups (broad SMARTS) is 1. The van der Waals surface area contributed by atoms with Crippen LogP contribution in [0.2, 0.25) is 0 Å². The second kappa shape index (κ2) is 6.49. The number of hydrogen-bond donors (Lipinski definition) is 0. The number of rotatable bonds is 3. The van der Waals surface area contributed by atoms with Crippen molar-refractivity contribution in [2.24, 2.45) is 5.92 Å². The number of ether oxygens (including phenoxy) is 1. The van der Waals surface area contributed by atoms with E-state index in [0.29, 0.717) is 0 Å². The van der Waals surface area contributed by atoms with Crippen LogP contribution in [0.4, 0.5) is 0 Å². The molecule has 0 radical (unpaired) electrons. The molecule has 0 bridgehead atoms. The van der Waals surface area contributed by atoms with E-state index in [1.54, 1.807) is 0 Å². The van der Waals surface area contributed by atoms with Gasteiger partial charge in [-0.15, -0.1) is 0 Å². The summed E-state index contributed by atoms with van der Waals surface area (Å²) in [5, 5.41) is 19.3. The van der Waals surface area contributed by atoms with Gasteiger partial charge in [-0.05, 0) is 0 Å². The molecule has 0 aromatic heterocycles. The molecular formula is C9H12N3NaO5S. The summed E-state index contributed by atoms with van der Waals surface area (Å²) in [4.78, 5) is 10.7. The summed E-state index contributed by atoms with van der Waals surface area (Å²) in [6, 6.07) is 1.98. The number of nitriles is 1. The van der Waals surface area contributed by atoms with E-state index in [4.69, 9.17) is 10.00 Å². The van der Waals surface area contributed by atoms with Gasteiger partial charge >= 0.3 is 29.6 Å². The third-order valence-electron chi connectivity index (χ3n) is 2.98. The summed E-state index contributed by atoms with van der Waals surface area (Å²) in [5.41, 5.74) is 0. The fourth-order valence-electron chi connectivity index (χ4n) is 1.85. The molecule has 2 rings (SSSR count). The third-order valence-corrected chi connectivity index (χ3v) is 4.91. The van der Waals surface area contributed by atoms with Gasteiger partial charge in [-0.3, -0.25) is 0 Å². The molecule has 100 valence electrons.